The molecule has 6 nitrogen and oxygen atoms in total. The Hall–Kier alpha value is -4.50. The van der Waals surface area contributed by atoms with Crippen molar-refractivity contribution < 1.29 is 19.4 Å². The van der Waals surface area contributed by atoms with Gasteiger partial charge in [-0.05, 0) is 41.8 Å². The number of hydrogen-bond donors (Lipinski definition) is 1. The highest BCUT2D eigenvalue weighted by molar-refractivity contribution is 6.08. The fourth-order valence-electron chi connectivity index (χ4n) is 3.56. The van der Waals surface area contributed by atoms with Crippen LogP contribution in [0.25, 0.3) is 22.2 Å². The summed E-state index contributed by atoms with van der Waals surface area (Å²) in [6, 6.07) is 19.1. The lowest BCUT2D eigenvalue weighted by atomic mass is 9.99. The van der Waals surface area contributed by atoms with Gasteiger partial charge in [0.2, 0.25) is 11.6 Å². The van der Waals surface area contributed by atoms with E-state index in [9.17, 15) is 9.59 Å². The van der Waals surface area contributed by atoms with E-state index in [1.165, 1.54) is 29.8 Å². The van der Waals surface area contributed by atoms with Crippen molar-refractivity contribution in [3.63, 3.8) is 0 Å². The number of carboxylic acid groups (broad SMARTS) is 1. The number of terminal acetylenes is 1. The first-order valence-electron chi connectivity index (χ1n) is 10.7. The van der Waals surface area contributed by atoms with Gasteiger partial charge >= 0.3 is 5.97 Å². The van der Waals surface area contributed by atoms with Crippen molar-refractivity contribution in [2.45, 2.75) is 19.8 Å². The molecule has 1 heterocycles. The van der Waals surface area contributed by atoms with Gasteiger partial charge in [0.25, 0.3) is 0 Å². The van der Waals surface area contributed by atoms with Crippen LogP contribution in [0, 0.1) is 12.3 Å². The quantitative estimate of drug-likeness (QED) is 0.301. The lowest BCUT2D eigenvalue weighted by molar-refractivity contribution is 0.0696. The van der Waals surface area contributed by atoms with Gasteiger partial charge < -0.3 is 9.84 Å². The molecule has 0 atom stereocenters. The van der Waals surface area contributed by atoms with Crippen LogP contribution < -0.4 is 4.74 Å². The molecular weight excluding hydrogens is 428 g/mol. The van der Waals surface area contributed by atoms with Gasteiger partial charge in [0, 0.05) is 16.5 Å². The van der Waals surface area contributed by atoms with E-state index in [2.05, 4.69) is 29.7 Å². The molecule has 0 radical (unpaired) electrons. The first-order chi connectivity index (χ1) is 16.4. The van der Waals surface area contributed by atoms with Gasteiger partial charge in [0.1, 0.15) is 12.4 Å². The SMILES string of the molecule is C#CCOc1ccc2nc(C(=O)c3ccc(C(=O)O)cc3)nc(-c3ccc(C(C)C)cc3)c2c1. The molecule has 34 heavy (non-hydrogen) atoms. The summed E-state index contributed by atoms with van der Waals surface area (Å²) in [4.78, 5) is 33.4. The Bertz CT molecular complexity index is 1420. The standard InChI is InChI=1S/C28H22N2O4/c1-4-15-34-22-13-14-24-23(16-22)25(19-7-5-18(6-8-19)17(2)3)30-27(29-24)26(31)20-9-11-21(12-10-20)28(32)33/h1,5-14,16-17H,15H2,2-3H3,(H,32,33). The van der Waals surface area contributed by atoms with Crippen molar-refractivity contribution in [3.8, 4) is 29.4 Å². The maximum Gasteiger partial charge on any atom is 0.335 e. The number of ether oxygens (including phenoxy) is 1. The third-order valence-corrected chi connectivity index (χ3v) is 5.44. The normalized spacial score (nSPS) is 10.8. The number of aromatic carboxylic acids is 1. The zero-order valence-electron chi connectivity index (χ0n) is 18.8. The zero-order valence-corrected chi connectivity index (χ0v) is 18.8. The van der Waals surface area contributed by atoms with Crippen molar-refractivity contribution >= 4 is 22.7 Å². The molecule has 0 aliphatic heterocycles. The van der Waals surface area contributed by atoms with Crippen LogP contribution >= 0.6 is 0 Å². The van der Waals surface area contributed by atoms with Crippen LogP contribution in [-0.4, -0.2) is 33.4 Å². The molecular formula is C28H22N2O4. The van der Waals surface area contributed by atoms with E-state index >= 15 is 0 Å². The average molecular weight is 450 g/mol. The lowest BCUT2D eigenvalue weighted by Crippen LogP contribution is -2.09. The predicted molar refractivity (Wildman–Crippen MR) is 130 cm³/mol. The number of hydrogen-bond acceptors (Lipinski definition) is 5. The second kappa shape index (κ2) is 9.55. The number of aromatic nitrogens is 2. The third-order valence-electron chi connectivity index (χ3n) is 5.44. The molecule has 0 saturated heterocycles. The second-order valence-corrected chi connectivity index (χ2v) is 8.06. The minimum Gasteiger partial charge on any atom is -0.481 e. The summed E-state index contributed by atoms with van der Waals surface area (Å²) >= 11 is 0. The number of carbonyl (C=O) groups excluding carboxylic acids is 1. The zero-order chi connectivity index (χ0) is 24.2. The number of ketones is 1. The Morgan fingerprint density at radius 1 is 0.971 bits per heavy atom. The van der Waals surface area contributed by atoms with Crippen LogP contribution in [0.5, 0.6) is 5.75 Å². The number of benzene rings is 3. The number of fused-ring (bicyclic) bond motifs is 1. The minimum absolute atomic E-state index is 0.0239. The Labute approximate surface area is 197 Å². The summed E-state index contributed by atoms with van der Waals surface area (Å²) in [5, 5.41) is 9.84. The van der Waals surface area contributed by atoms with Crippen LogP contribution in [0.15, 0.2) is 66.7 Å². The van der Waals surface area contributed by atoms with Gasteiger partial charge in [-0.3, -0.25) is 4.79 Å². The highest BCUT2D eigenvalue weighted by atomic mass is 16.5. The van der Waals surface area contributed by atoms with E-state index in [4.69, 9.17) is 16.3 Å². The Morgan fingerprint density at radius 3 is 2.26 bits per heavy atom. The third kappa shape index (κ3) is 4.64. The molecule has 4 rings (SSSR count). The Morgan fingerprint density at radius 2 is 1.65 bits per heavy atom. The van der Waals surface area contributed by atoms with Crippen LogP contribution in [0.1, 0.15) is 51.9 Å². The van der Waals surface area contributed by atoms with Gasteiger partial charge in [-0.2, -0.15) is 0 Å². The summed E-state index contributed by atoms with van der Waals surface area (Å²) in [6.07, 6.45) is 5.31. The number of carboxylic acids is 1. The molecule has 1 N–H and O–H groups in total. The molecule has 0 aliphatic carbocycles. The lowest BCUT2D eigenvalue weighted by Gasteiger charge is -2.12. The van der Waals surface area contributed by atoms with Gasteiger partial charge in [-0.15, -0.1) is 6.42 Å². The molecule has 0 amide bonds. The van der Waals surface area contributed by atoms with E-state index < -0.39 is 11.8 Å². The molecule has 3 aromatic carbocycles. The molecule has 6 heteroatoms. The van der Waals surface area contributed by atoms with E-state index in [1.54, 1.807) is 12.1 Å². The minimum atomic E-state index is -1.06. The van der Waals surface area contributed by atoms with Crippen molar-refractivity contribution in [1.82, 2.24) is 9.97 Å². The van der Waals surface area contributed by atoms with E-state index in [0.29, 0.717) is 28.4 Å². The van der Waals surface area contributed by atoms with Crippen LogP contribution in [0.4, 0.5) is 0 Å². The van der Waals surface area contributed by atoms with Gasteiger partial charge in [0.05, 0.1) is 16.8 Å². The largest absolute Gasteiger partial charge is 0.481 e. The molecule has 0 fully saturated rings. The Balaban J connectivity index is 1.84. The summed E-state index contributed by atoms with van der Waals surface area (Å²) in [5.74, 6) is 1.97. The number of nitrogens with zero attached hydrogens (tertiary/aromatic N) is 2. The summed E-state index contributed by atoms with van der Waals surface area (Å²) in [7, 11) is 0. The van der Waals surface area contributed by atoms with Crippen molar-refractivity contribution in [3.05, 3.63) is 89.2 Å². The topological polar surface area (TPSA) is 89.4 Å². The van der Waals surface area contributed by atoms with Crippen molar-refractivity contribution in [2.24, 2.45) is 0 Å². The first kappa shape index (κ1) is 22.7. The predicted octanol–water partition coefficient (Wildman–Crippen LogP) is 5.36. The smallest absolute Gasteiger partial charge is 0.335 e. The summed E-state index contributed by atoms with van der Waals surface area (Å²) < 4.78 is 5.58. The fourth-order valence-corrected chi connectivity index (χ4v) is 3.56. The number of carbonyl (C=O) groups is 2. The van der Waals surface area contributed by atoms with Crippen LogP contribution in [0.3, 0.4) is 0 Å². The van der Waals surface area contributed by atoms with E-state index in [1.807, 2.05) is 30.3 Å². The monoisotopic (exact) mass is 450 g/mol. The molecule has 0 aliphatic rings. The molecule has 1 aromatic heterocycles. The molecule has 4 aromatic rings. The number of rotatable bonds is 7. The van der Waals surface area contributed by atoms with E-state index in [0.717, 1.165) is 10.9 Å². The van der Waals surface area contributed by atoms with Gasteiger partial charge in [0.15, 0.2) is 0 Å². The van der Waals surface area contributed by atoms with Crippen LogP contribution in [0.2, 0.25) is 0 Å². The van der Waals surface area contributed by atoms with Crippen molar-refractivity contribution in [1.29, 1.82) is 0 Å². The first-order valence-corrected chi connectivity index (χ1v) is 10.7. The van der Waals surface area contributed by atoms with E-state index in [-0.39, 0.29) is 18.0 Å². The highest BCUT2D eigenvalue weighted by Crippen LogP contribution is 2.31. The maximum absolute atomic E-state index is 13.2. The molecule has 0 unspecified atom stereocenters. The van der Waals surface area contributed by atoms with Crippen LogP contribution in [-0.2, 0) is 0 Å². The molecule has 168 valence electrons. The maximum atomic E-state index is 13.2. The molecule has 0 saturated carbocycles. The summed E-state index contributed by atoms with van der Waals surface area (Å²) in [5.41, 5.74) is 3.60. The Kier molecular flexibility index (Phi) is 6.37. The highest BCUT2D eigenvalue weighted by Gasteiger charge is 2.18. The average Bonchev–Trinajstić information content (AvgIpc) is 2.86. The van der Waals surface area contributed by atoms with Gasteiger partial charge in [-0.25, -0.2) is 14.8 Å². The fraction of sp³-hybridized carbons (Fsp3) is 0.143. The summed E-state index contributed by atoms with van der Waals surface area (Å²) in [6.45, 7) is 4.38. The van der Waals surface area contributed by atoms with Crippen molar-refractivity contribution in [2.75, 3.05) is 6.61 Å². The molecule has 0 spiro atoms. The van der Waals surface area contributed by atoms with Gasteiger partial charge in [-0.1, -0.05) is 56.2 Å². The second-order valence-electron chi connectivity index (χ2n) is 8.06. The molecule has 0 bridgehead atoms.